The topological polar surface area (TPSA) is 246 Å². The molecule has 0 fully saturated rings. The fraction of sp³-hybridized carbons (Fsp3) is 0.266. The molecule has 0 saturated carbocycles. The van der Waals surface area contributed by atoms with E-state index in [9.17, 15) is 14.7 Å². The molecule has 6 aromatic carbocycles. The number of amides is 2. The molecule has 0 aliphatic carbocycles. The number of carbonyl (C=O) groups excluding carboxylic acids is 2. The largest absolute Gasteiger partial charge is 0.467 e. The summed E-state index contributed by atoms with van der Waals surface area (Å²) in [6.45, 7) is 16.2. The number of aryl methyl sites for hydroxylation is 3. The van der Waals surface area contributed by atoms with Crippen LogP contribution in [-0.2, 0) is 29.2 Å². The first kappa shape index (κ1) is 71.5. The lowest BCUT2D eigenvalue weighted by Gasteiger charge is -2.28. The minimum absolute atomic E-state index is 0. The zero-order valence-electron chi connectivity index (χ0n) is 51.0. The van der Waals surface area contributed by atoms with Crippen molar-refractivity contribution in [3.05, 3.63) is 173 Å². The van der Waals surface area contributed by atoms with Gasteiger partial charge in [0.1, 0.15) is 11.2 Å². The van der Waals surface area contributed by atoms with E-state index in [0.717, 1.165) is 38.3 Å². The molecular weight excluding hydrogens is 1300 g/mol. The van der Waals surface area contributed by atoms with Crippen molar-refractivity contribution in [1.82, 2.24) is 49.8 Å². The minimum Gasteiger partial charge on any atom is -0.467 e. The Morgan fingerprint density at radius 2 is 0.733 bits per heavy atom. The zero-order valence-corrected chi connectivity index (χ0v) is 56.4. The van der Waals surface area contributed by atoms with E-state index < -0.39 is 23.4 Å². The van der Waals surface area contributed by atoms with Crippen molar-refractivity contribution in [3.63, 3.8) is 0 Å². The monoisotopic (exact) mass is 1360 g/mol. The quantitative estimate of drug-likeness (QED) is 0.109. The Hall–Kier alpha value is -7.56. The van der Waals surface area contributed by atoms with Crippen molar-refractivity contribution in [3.8, 4) is 86.4 Å². The Balaban J connectivity index is 0.000000222. The van der Waals surface area contributed by atoms with Crippen molar-refractivity contribution in [1.29, 1.82) is 0 Å². The molecule has 3 heterocycles. The van der Waals surface area contributed by atoms with Crippen molar-refractivity contribution in [2.75, 3.05) is 21.3 Å². The lowest BCUT2D eigenvalue weighted by molar-refractivity contribution is -0.000275. The van der Waals surface area contributed by atoms with Gasteiger partial charge in [-0.3, -0.25) is 0 Å². The molecule has 0 atom stereocenters. The molecule has 3 N–H and O–H groups in total. The van der Waals surface area contributed by atoms with E-state index >= 15 is 0 Å². The maximum absolute atomic E-state index is 13.0. The van der Waals surface area contributed by atoms with Gasteiger partial charge in [-0.1, -0.05) is 124 Å². The van der Waals surface area contributed by atoms with Crippen molar-refractivity contribution >= 4 is 94.2 Å². The molecular formula is C64H64Cl7N11O8. The molecule has 3 aromatic heterocycles. The molecule has 0 aliphatic rings. The molecule has 9 aromatic rings. The number of ether oxygens (including phenoxy) is 5. The first-order valence-electron chi connectivity index (χ1n) is 27.2. The molecule has 0 radical (unpaired) electrons. The third kappa shape index (κ3) is 19.2. The first-order valence-corrected chi connectivity index (χ1v) is 29.5. The predicted octanol–water partition coefficient (Wildman–Crippen LogP) is 16.5. The molecule has 26 heteroatoms. The Labute approximate surface area is 558 Å². The molecule has 472 valence electrons. The number of methoxy groups -OCH3 is 3. The second kappa shape index (κ2) is 31.5. The highest BCUT2D eigenvalue weighted by Gasteiger charge is 2.32. The van der Waals surface area contributed by atoms with E-state index in [1.165, 1.54) is 21.3 Å². The van der Waals surface area contributed by atoms with Crippen molar-refractivity contribution < 1.29 is 38.4 Å². The summed E-state index contributed by atoms with van der Waals surface area (Å²) in [5, 5.41) is 12.5. The summed E-state index contributed by atoms with van der Waals surface area (Å²) >= 11 is 37.9. The van der Waals surface area contributed by atoms with Gasteiger partial charge in [-0.05, 0) is 150 Å². The highest BCUT2D eigenvalue weighted by molar-refractivity contribution is 6.34. The molecule has 0 unspecified atom stereocenters. The average Bonchev–Trinajstić information content (AvgIpc) is 1.35. The van der Waals surface area contributed by atoms with Crippen LogP contribution in [0.4, 0.5) is 9.59 Å². The van der Waals surface area contributed by atoms with E-state index in [1.807, 2.05) is 75.4 Å². The maximum atomic E-state index is 13.0. The van der Waals surface area contributed by atoms with Crippen LogP contribution in [0.1, 0.15) is 74.9 Å². The number of nitrogens with two attached hydrogens (primary N) is 1. The van der Waals surface area contributed by atoms with Crippen LogP contribution in [0.5, 0.6) is 18.0 Å². The zero-order chi connectivity index (χ0) is 65.1. The second-order valence-electron chi connectivity index (χ2n) is 21.7. The lowest BCUT2D eigenvalue weighted by Crippen LogP contribution is -2.43. The van der Waals surface area contributed by atoms with Gasteiger partial charge in [-0.2, -0.15) is 29.9 Å². The number of carbonyl (C=O) groups is 2. The number of halogens is 7. The molecule has 2 amide bonds. The van der Waals surface area contributed by atoms with Gasteiger partial charge >= 0.3 is 30.2 Å². The smallest absolute Gasteiger partial charge is 0.420 e. The standard InChI is InChI=1S/C28H32Cl2N4O5.C18H16Cl2N4O.C18H15Cl2N3O2.ClH/c1-16-9-11-18(14-21(16)30)22-31-23(33-24(32-22)37-8)19-13-17(10-12-20(19)29)15-34(25(35)38-27(2,3)4)26(36)39-28(5,6)7;1-10-3-5-12(8-15(10)20)16-22-17(24-18(23-16)25-2)13-7-11(9-21)4-6-14(13)19;1-10-3-5-12(8-15(10)20)16-21-17(23-18(22-16)25-2)13-7-11(9-24)4-6-14(13)19;/h9-14H,15H2,1-8H3;3-8H,9,21H2,1-2H3;3-8,24H,9H2,1-2H3;1H. The molecule has 0 spiro atoms. The van der Waals surface area contributed by atoms with E-state index in [-0.39, 0.29) is 49.4 Å². The van der Waals surface area contributed by atoms with Crippen molar-refractivity contribution in [2.45, 2.75) is 93.2 Å². The molecule has 90 heavy (non-hydrogen) atoms. The van der Waals surface area contributed by atoms with Crippen LogP contribution in [0.15, 0.2) is 109 Å². The predicted molar refractivity (Wildman–Crippen MR) is 355 cm³/mol. The third-order valence-electron chi connectivity index (χ3n) is 12.5. The van der Waals surface area contributed by atoms with E-state index in [1.54, 1.807) is 96.1 Å². The fourth-order valence-corrected chi connectivity index (χ4v) is 9.01. The van der Waals surface area contributed by atoms with Gasteiger partial charge in [-0.25, -0.2) is 29.4 Å². The number of benzene rings is 6. The van der Waals surface area contributed by atoms with E-state index in [0.29, 0.717) is 99.2 Å². The van der Waals surface area contributed by atoms with Crippen LogP contribution < -0.4 is 19.9 Å². The molecule has 9 rings (SSSR count). The number of hydrogen-bond acceptors (Lipinski definition) is 18. The second-order valence-corrected chi connectivity index (χ2v) is 24.1. The number of aromatic nitrogens is 9. The van der Waals surface area contributed by atoms with Crippen LogP contribution in [0.3, 0.4) is 0 Å². The summed E-state index contributed by atoms with van der Waals surface area (Å²) in [6.07, 6.45) is -1.68. The fourth-order valence-electron chi connectivity index (χ4n) is 7.86. The minimum atomic E-state index is -0.839. The summed E-state index contributed by atoms with van der Waals surface area (Å²) in [7, 11) is 4.43. The van der Waals surface area contributed by atoms with E-state index in [4.69, 9.17) is 99.0 Å². The van der Waals surface area contributed by atoms with Crippen LogP contribution >= 0.6 is 82.0 Å². The third-order valence-corrected chi connectivity index (χ3v) is 14.7. The Morgan fingerprint density at radius 3 is 1.03 bits per heavy atom. The molecule has 0 saturated heterocycles. The van der Waals surface area contributed by atoms with Crippen LogP contribution in [-0.4, -0.2) is 99.6 Å². The highest BCUT2D eigenvalue weighted by Crippen LogP contribution is 2.35. The highest BCUT2D eigenvalue weighted by atomic mass is 35.5. The number of rotatable bonds is 13. The van der Waals surface area contributed by atoms with Crippen LogP contribution in [0, 0.1) is 20.8 Å². The summed E-state index contributed by atoms with van der Waals surface area (Å²) in [4.78, 5) is 66.4. The number of aliphatic hydroxyl groups excluding tert-OH is 1. The molecule has 19 nitrogen and oxygen atoms in total. The number of hydrogen-bond donors (Lipinski definition) is 2. The Bertz CT molecular complexity index is 3880. The van der Waals surface area contributed by atoms with Gasteiger partial charge in [0.05, 0.1) is 49.5 Å². The van der Waals surface area contributed by atoms with E-state index in [2.05, 4.69) is 44.9 Å². The van der Waals surface area contributed by atoms with Crippen molar-refractivity contribution in [2.24, 2.45) is 5.73 Å². The first-order chi connectivity index (χ1) is 42.1. The Kier molecular flexibility index (Phi) is 25.0. The number of nitrogens with zero attached hydrogens (tertiary/aromatic N) is 10. The molecule has 0 bridgehead atoms. The van der Waals surface area contributed by atoms with Gasteiger partial charge in [0, 0.05) is 55.0 Å². The molecule has 0 aliphatic heterocycles. The summed E-state index contributed by atoms with van der Waals surface area (Å²) < 4.78 is 26.7. The number of aliphatic hydroxyl groups is 1. The lowest BCUT2D eigenvalue weighted by atomic mass is 10.1. The number of imide groups is 1. The average molecular weight is 1360 g/mol. The van der Waals surface area contributed by atoms with Gasteiger partial charge in [-0.15, -0.1) is 12.4 Å². The van der Waals surface area contributed by atoms with Gasteiger partial charge in [0.2, 0.25) is 0 Å². The summed E-state index contributed by atoms with van der Waals surface area (Å²) in [6, 6.07) is 32.8. The normalized spacial score (nSPS) is 11.0. The Morgan fingerprint density at radius 1 is 0.433 bits per heavy atom. The summed E-state index contributed by atoms with van der Waals surface area (Å²) in [5.41, 5.74) is 13.0. The van der Waals surface area contributed by atoms with Gasteiger partial charge in [0.25, 0.3) is 0 Å². The van der Waals surface area contributed by atoms with Gasteiger partial charge < -0.3 is 34.5 Å². The SMILES string of the molecule is COc1nc(-c2ccc(C)c(Cl)c2)nc(-c2cc(CN(C(=O)OC(C)(C)C)C(=O)OC(C)(C)C)ccc2Cl)n1.COc1nc(-c2ccc(C)c(Cl)c2)nc(-c2cc(CN)ccc2Cl)n1.COc1nc(-c2ccc(C)c(Cl)c2)nc(-c2cc(CO)ccc2Cl)n1.Cl. The maximum Gasteiger partial charge on any atom is 0.420 e. The summed E-state index contributed by atoms with van der Waals surface area (Å²) in [5.74, 6) is 2.23. The van der Waals surface area contributed by atoms with Crippen LogP contribution in [0.2, 0.25) is 30.1 Å². The van der Waals surface area contributed by atoms with Crippen LogP contribution in [0.25, 0.3) is 68.3 Å². The van der Waals surface area contributed by atoms with Gasteiger partial charge in [0.15, 0.2) is 34.9 Å².